The standard InChI is InChI=1S/C18H20N2O2/c1-4-17(21)20-16-11-15(9-8-13(16)3)19-18(22)14-7-5-6-12(2)10-14/h5-11H,4H2,1-3H3,(H,19,22)(H,20,21). The third kappa shape index (κ3) is 3.95. The zero-order chi connectivity index (χ0) is 16.1. The van der Waals surface area contributed by atoms with E-state index in [0.717, 1.165) is 11.1 Å². The Bertz CT molecular complexity index is 708. The average Bonchev–Trinajstić information content (AvgIpc) is 2.50. The zero-order valence-corrected chi connectivity index (χ0v) is 13.1. The average molecular weight is 296 g/mol. The van der Waals surface area contributed by atoms with Gasteiger partial charge >= 0.3 is 0 Å². The second-order valence-electron chi connectivity index (χ2n) is 5.26. The second kappa shape index (κ2) is 6.89. The maximum absolute atomic E-state index is 12.2. The van der Waals surface area contributed by atoms with Crippen LogP contribution in [-0.2, 0) is 4.79 Å². The normalized spacial score (nSPS) is 10.1. The number of carbonyl (C=O) groups excluding carboxylic acids is 2. The molecule has 0 aromatic heterocycles. The van der Waals surface area contributed by atoms with E-state index < -0.39 is 0 Å². The minimum Gasteiger partial charge on any atom is -0.326 e. The van der Waals surface area contributed by atoms with Gasteiger partial charge in [0.05, 0.1) is 0 Å². The van der Waals surface area contributed by atoms with Crippen LogP contribution in [0, 0.1) is 13.8 Å². The van der Waals surface area contributed by atoms with Gasteiger partial charge in [0, 0.05) is 23.4 Å². The van der Waals surface area contributed by atoms with Crippen molar-refractivity contribution in [2.45, 2.75) is 27.2 Å². The summed E-state index contributed by atoms with van der Waals surface area (Å²) in [6, 6.07) is 12.9. The van der Waals surface area contributed by atoms with Crippen LogP contribution in [-0.4, -0.2) is 11.8 Å². The van der Waals surface area contributed by atoms with Gasteiger partial charge in [0.2, 0.25) is 5.91 Å². The highest BCUT2D eigenvalue weighted by atomic mass is 16.2. The monoisotopic (exact) mass is 296 g/mol. The van der Waals surface area contributed by atoms with Crippen molar-refractivity contribution >= 4 is 23.2 Å². The summed E-state index contributed by atoms with van der Waals surface area (Å²) in [4.78, 5) is 23.8. The minimum atomic E-state index is -0.166. The van der Waals surface area contributed by atoms with Crippen molar-refractivity contribution in [3.05, 3.63) is 59.2 Å². The third-order valence-electron chi connectivity index (χ3n) is 3.37. The van der Waals surface area contributed by atoms with E-state index in [1.54, 1.807) is 19.1 Å². The van der Waals surface area contributed by atoms with Gasteiger partial charge in [0.25, 0.3) is 5.91 Å². The van der Waals surface area contributed by atoms with E-state index in [1.807, 2.05) is 44.2 Å². The molecule has 2 aromatic rings. The summed E-state index contributed by atoms with van der Waals surface area (Å²) in [6.07, 6.45) is 0.416. The maximum Gasteiger partial charge on any atom is 0.255 e. The predicted molar refractivity (Wildman–Crippen MR) is 89.2 cm³/mol. The number of hydrogen-bond acceptors (Lipinski definition) is 2. The lowest BCUT2D eigenvalue weighted by Crippen LogP contribution is -2.14. The Morgan fingerprint density at radius 1 is 1.00 bits per heavy atom. The minimum absolute atomic E-state index is 0.0507. The highest BCUT2D eigenvalue weighted by Crippen LogP contribution is 2.21. The van der Waals surface area contributed by atoms with Crippen molar-refractivity contribution in [2.24, 2.45) is 0 Å². The number of hydrogen-bond donors (Lipinski definition) is 2. The van der Waals surface area contributed by atoms with Crippen molar-refractivity contribution in [3.63, 3.8) is 0 Å². The second-order valence-corrected chi connectivity index (χ2v) is 5.26. The summed E-state index contributed by atoms with van der Waals surface area (Å²) in [5.74, 6) is -0.217. The van der Waals surface area contributed by atoms with E-state index in [4.69, 9.17) is 0 Å². The Kier molecular flexibility index (Phi) is 4.94. The molecule has 0 aliphatic heterocycles. The number of amides is 2. The molecule has 2 rings (SSSR count). The van der Waals surface area contributed by atoms with Gasteiger partial charge in [0.1, 0.15) is 0 Å². The summed E-state index contributed by atoms with van der Waals surface area (Å²) in [5, 5.41) is 5.69. The van der Waals surface area contributed by atoms with Crippen LogP contribution in [0.2, 0.25) is 0 Å². The molecule has 4 nitrogen and oxygen atoms in total. The Hall–Kier alpha value is -2.62. The van der Waals surface area contributed by atoms with Crippen molar-refractivity contribution in [3.8, 4) is 0 Å². The first-order chi connectivity index (χ1) is 10.5. The van der Waals surface area contributed by atoms with E-state index in [1.165, 1.54) is 0 Å². The van der Waals surface area contributed by atoms with Gasteiger partial charge in [-0.25, -0.2) is 0 Å². The van der Waals surface area contributed by atoms with E-state index in [-0.39, 0.29) is 11.8 Å². The topological polar surface area (TPSA) is 58.2 Å². The van der Waals surface area contributed by atoms with Gasteiger partial charge in [-0.1, -0.05) is 30.7 Å². The van der Waals surface area contributed by atoms with Gasteiger partial charge < -0.3 is 10.6 Å². The SMILES string of the molecule is CCC(=O)Nc1cc(NC(=O)c2cccc(C)c2)ccc1C. The van der Waals surface area contributed by atoms with Gasteiger partial charge in [-0.3, -0.25) is 9.59 Å². The third-order valence-corrected chi connectivity index (χ3v) is 3.37. The largest absolute Gasteiger partial charge is 0.326 e. The molecule has 0 aliphatic carbocycles. The number of anilines is 2. The van der Waals surface area contributed by atoms with E-state index in [2.05, 4.69) is 10.6 Å². The highest BCUT2D eigenvalue weighted by molar-refractivity contribution is 6.04. The molecular formula is C18H20N2O2. The molecule has 0 fully saturated rings. The number of aryl methyl sites for hydroxylation is 2. The fourth-order valence-electron chi connectivity index (χ4n) is 2.06. The lowest BCUT2D eigenvalue weighted by atomic mass is 10.1. The molecule has 0 aliphatic rings. The van der Waals surface area contributed by atoms with Crippen LogP contribution in [0.3, 0.4) is 0 Å². The Balaban J connectivity index is 2.17. The van der Waals surface area contributed by atoms with Crippen LogP contribution >= 0.6 is 0 Å². The number of benzene rings is 2. The molecule has 0 radical (unpaired) electrons. The molecule has 2 amide bonds. The van der Waals surface area contributed by atoms with E-state index in [9.17, 15) is 9.59 Å². The first-order valence-corrected chi connectivity index (χ1v) is 7.28. The van der Waals surface area contributed by atoms with Gasteiger partial charge in [0.15, 0.2) is 0 Å². The smallest absolute Gasteiger partial charge is 0.255 e. The molecule has 0 bridgehead atoms. The molecule has 0 heterocycles. The molecule has 114 valence electrons. The molecule has 2 aromatic carbocycles. The highest BCUT2D eigenvalue weighted by Gasteiger charge is 2.08. The van der Waals surface area contributed by atoms with Crippen molar-refractivity contribution in [2.75, 3.05) is 10.6 Å². The van der Waals surface area contributed by atoms with Crippen molar-refractivity contribution < 1.29 is 9.59 Å². The van der Waals surface area contributed by atoms with Gasteiger partial charge in [-0.15, -0.1) is 0 Å². The molecule has 0 atom stereocenters. The van der Waals surface area contributed by atoms with Crippen LogP contribution in [0.1, 0.15) is 34.8 Å². The summed E-state index contributed by atoms with van der Waals surface area (Å²) in [5.41, 5.74) is 3.97. The summed E-state index contributed by atoms with van der Waals surface area (Å²) in [7, 11) is 0. The predicted octanol–water partition coefficient (Wildman–Crippen LogP) is 3.90. The molecule has 22 heavy (non-hydrogen) atoms. The first kappa shape index (κ1) is 15.8. The number of rotatable bonds is 4. The fourth-order valence-corrected chi connectivity index (χ4v) is 2.06. The molecule has 4 heteroatoms. The number of carbonyl (C=O) groups is 2. The summed E-state index contributed by atoms with van der Waals surface area (Å²) in [6.45, 7) is 5.66. The van der Waals surface area contributed by atoms with Gasteiger partial charge in [-0.05, 0) is 43.7 Å². The van der Waals surface area contributed by atoms with Crippen molar-refractivity contribution in [1.82, 2.24) is 0 Å². The fraction of sp³-hybridized carbons (Fsp3) is 0.222. The van der Waals surface area contributed by atoms with Crippen LogP contribution < -0.4 is 10.6 Å². The summed E-state index contributed by atoms with van der Waals surface area (Å²) < 4.78 is 0. The molecule has 0 unspecified atom stereocenters. The molecule has 0 spiro atoms. The molecule has 0 saturated heterocycles. The Morgan fingerprint density at radius 3 is 2.45 bits per heavy atom. The van der Waals surface area contributed by atoms with Crippen LogP contribution in [0.4, 0.5) is 11.4 Å². The van der Waals surface area contributed by atoms with Crippen LogP contribution in [0.25, 0.3) is 0 Å². The number of nitrogens with one attached hydrogen (secondary N) is 2. The Morgan fingerprint density at radius 2 is 1.77 bits per heavy atom. The molecule has 2 N–H and O–H groups in total. The van der Waals surface area contributed by atoms with E-state index >= 15 is 0 Å². The first-order valence-electron chi connectivity index (χ1n) is 7.28. The van der Waals surface area contributed by atoms with Crippen LogP contribution in [0.15, 0.2) is 42.5 Å². The maximum atomic E-state index is 12.2. The molecular weight excluding hydrogens is 276 g/mol. The van der Waals surface area contributed by atoms with E-state index in [0.29, 0.717) is 23.4 Å². The molecule has 0 saturated carbocycles. The van der Waals surface area contributed by atoms with Crippen LogP contribution in [0.5, 0.6) is 0 Å². The lowest BCUT2D eigenvalue weighted by Gasteiger charge is -2.11. The zero-order valence-electron chi connectivity index (χ0n) is 13.1. The quantitative estimate of drug-likeness (QED) is 0.899. The summed E-state index contributed by atoms with van der Waals surface area (Å²) >= 11 is 0. The Labute approximate surface area is 130 Å². The lowest BCUT2D eigenvalue weighted by molar-refractivity contribution is -0.115. The van der Waals surface area contributed by atoms with Crippen molar-refractivity contribution in [1.29, 1.82) is 0 Å². The van der Waals surface area contributed by atoms with Gasteiger partial charge in [-0.2, -0.15) is 0 Å².